The number of furan rings is 1. The summed E-state index contributed by atoms with van der Waals surface area (Å²) in [6, 6.07) is 2.31. The van der Waals surface area contributed by atoms with E-state index < -0.39 is 0 Å². The van der Waals surface area contributed by atoms with Crippen LogP contribution in [0.4, 0.5) is 0 Å². The third kappa shape index (κ3) is 3.36. The highest BCUT2D eigenvalue weighted by molar-refractivity contribution is 5.90. The third-order valence-electron chi connectivity index (χ3n) is 3.67. The molecule has 0 amide bonds. The lowest BCUT2D eigenvalue weighted by Crippen LogP contribution is -2.43. The lowest BCUT2D eigenvalue weighted by atomic mass is 10.1. The number of piperidine rings is 1. The van der Waals surface area contributed by atoms with Gasteiger partial charge >= 0.3 is 5.97 Å². The van der Waals surface area contributed by atoms with Crippen molar-refractivity contribution in [1.29, 1.82) is 0 Å². The van der Waals surface area contributed by atoms with Gasteiger partial charge in [-0.05, 0) is 39.4 Å². The van der Waals surface area contributed by atoms with E-state index in [0.29, 0.717) is 23.9 Å². The SMILES string of the molecule is COC(=O)c1cc(CN(C)C2CCCNC2)oc1C. The molecule has 1 aliphatic rings. The quantitative estimate of drug-likeness (QED) is 0.838. The molecule has 1 atom stereocenters. The Morgan fingerprint density at radius 2 is 2.42 bits per heavy atom. The lowest BCUT2D eigenvalue weighted by Gasteiger charge is -2.30. The van der Waals surface area contributed by atoms with E-state index >= 15 is 0 Å². The van der Waals surface area contributed by atoms with E-state index in [1.165, 1.54) is 20.0 Å². The lowest BCUT2D eigenvalue weighted by molar-refractivity contribution is 0.0599. The fourth-order valence-electron chi connectivity index (χ4n) is 2.52. The van der Waals surface area contributed by atoms with Crippen LogP contribution in [-0.2, 0) is 11.3 Å². The van der Waals surface area contributed by atoms with E-state index in [2.05, 4.69) is 17.3 Å². The van der Waals surface area contributed by atoms with Crippen LogP contribution >= 0.6 is 0 Å². The number of methoxy groups -OCH3 is 1. The van der Waals surface area contributed by atoms with E-state index in [0.717, 1.165) is 18.8 Å². The molecule has 1 unspecified atom stereocenters. The molecule has 0 aromatic carbocycles. The van der Waals surface area contributed by atoms with Gasteiger partial charge in [-0.3, -0.25) is 4.90 Å². The molecule has 1 aromatic heterocycles. The number of ether oxygens (including phenoxy) is 1. The van der Waals surface area contributed by atoms with Gasteiger partial charge in [0, 0.05) is 12.6 Å². The molecular weight excluding hydrogens is 244 g/mol. The maximum absolute atomic E-state index is 11.5. The van der Waals surface area contributed by atoms with E-state index in [9.17, 15) is 4.79 Å². The maximum Gasteiger partial charge on any atom is 0.341 e. The van der Waals surface area contributed by atoms with Gasteiger partial charge in [0.15, 0.2) is 0 Å². The molecule has 0 bridgehead atoms. The van der Waals surface area contributed by atoms with Crippen molar-refractivity contribution in [2.75, 3.05) is 27.2 Å². The van der Waals surface area contributed by atoms with Crippen molar-refractivity contribution < 1.29 is 13.9 Å². The Morgan fingerprint density at radius 3 is 3.05 bits per heavy atom. The number of esters is 1. The van der Waals surface area contributed by atoms with Crippen LogP contribution in [0.3, 0.4) is 0 Å². The summed E-state index contributed by atoms with van der Waals surface area (Å²) in [6.07, 6.45) is 2.41. The molecule has 0 saturated carbocycles. The van der Waals surface area contributed by atoms with Crippen molar-refractivity contribution >= 4 is 5.97 Å². The second kappa shape index (κ2) is 6.21. The van der Waals surface area contributed by atoms with Crippen LogP contribution in [0.15, 0.2) is 10.5 Å². The number of hydrogen-bond donors (Lipinski definition) is 1. The smallest absolute Gasteiger partial charge is 0.341 e. The highest BCUT2D eigenvalue weighted by atomic mass is 16.5. The third-order valence-corrected chi connectivity index (χ3v) is 3.67. The molecule has 1 N–H and O–H groups in total. The number of nitrogens with zero attached hydrogens (tertiary/aromatic N) is 1. The fourth-order valence-corrected chi connectivity index (χ4v) is 2.52. The van der Waals surface area contributed by atoms with E-state index in [4.69, 9.17) is 9.15 Å². The molecule has 0 aliphatic carbocycles. The van der Waals surface area contributed by atoms with Crippen molar-refractivity contribution in [2.45, 2.75) is 32.4 Å². The van der Waals surface area contributed by atoms with Crippen LogP contribution in [0.2, 0.25) is 0 Å². The van der Waals surface area contributed by atoms with Crippen LogP contribution in [0.25, 0.3) is 0 Å². The average Bonchev–Trinajstić information content (AvgIpc) is 2.79. The average molecular weight is 266 g/mol. The summed E-state index contributed by atoms with van der Waals surface area (Å²) in [7, 11) is 3.47. The Bertz CT molecular complexity index is 436. The normalized spacial score (nSPS) is 19.7. The molecular formula is C14H22N2O3. The first-order valence-electron chi connectivity index (χ1n) is 6.70. The summed E-state index contributed by atoms with van der Waals surface area (Å²) >= 11 is 0. The number of carbonyl (C=O) groups excluding carboxylic acids is 1. The van der Waals surface area contributed by atoms with Crippen LogP contribution in [0, 0.1) is 6.92 Å². The zero-order valence-electron chi connectivity index (χ0n) is 11.9. The molecule has 2 rings (SSSR count). The first-order chi connectivity index (χ1) is 9.11. The van der Waals surface area contributed by atoms with Gasteiger partial charge in [0.1, 0.15) is 17.1 Å². The summed E-state index contributed by atoms with van der Waals surface area (Å²) < 4.78 is 10.4. The van der Waals surface area contributed by atoms with Gasteiger partial charge in [0.2, 0.25) is 0 Å². The number of likely N-dealkylation sites (N-methyl/N-ethyl adjacent to an activating group) is 1. The van der Waals surface area contributed by atoms with Crippen LogP contribution in [0.1, 0.15) is 34.7 Å². The van der Waals surface area contributed by atoms with Crippen LogP contribution in [0.5, 0.6) is 0 Å². The highest BCUT2D eigenvalue weighted by Crippen LogP contribution is 2.19. The minimum Gasteiger partial charge on any atom is -0.465 e. The Labute approximate surface area is 113 Å². The summed E-state index contributed by atoms with van der Waals surface area (Å²) in [5.74, 6) is 1.09. The maximum atomic E-state index is 11.5. The minimum atomic E-state index is -0.338. The second-order valence-electron chi connectivity index (χ2n) is 5.09. The predicted molar refractivity (Wildman–Crippen MR) is 72.1 cm³/mol. The standard InChI is InChI=1S/C14H22N2O3/c1-10-13(14(17)18-3)7-12(19-10)9-16(2)11-5-4-6-15-8-11/h7,11,15H,4-6,8-9H2,1-3H3. The van der Waals surface area contributed by atoms with Gasteiger partial charge in [-0.15, -0.1) is 0 Å². The largest absolute Gasteiger partial charge is 0.465 e. The zero-order valence-corrected chi connectivity index (χ0v) is 11.9. The first-order valence-corrected chi connectivity index (χ1v) is 6.70. The van der Waals surface area contributed by atoms with Gasteiger partial charge in [0.25, 0.3) is 0 Å². The van der Waals surface area contributed by atoms with E-state index in [1.807, 2.05) is 0 Å². The monoisotopic (exact) mass is 266 g/mol. The molecule has 1 aliphatic heterocycles. The first kappa shape index (κ1) is 14.1. The number of hydrogen-bond acceptors (Lipinski definition) is 5. The van der Waals surface area contributed by atoms with Crippen molar-refractivity contribution in [2.24, 2.45) is 0 Å². The van der Waals surface area contributed by atoms with Crippen LogP contribution in [-0.4, -0.2) is 44.2 Å². The summed E-state index contributed by atoms with van der Waals surface area (Å²) in [6.45, 7) is 4.62. The Kier molecular flexibility index (Phi) is 4.61. The zero-order chi connectivity index (χ0) is 13.8. The topological polar surface area (TPSA) is 54.7 Å². The predicted octanol–water partition coefficient (Wildman–Crippen LogP) is 1.56. The van der Waals surface area contributed by atoms with Gasteiger partial charge in [-0.1, -0.05) is 0 Å². The Morgan fingerprint density at radius 1 is 1.63 bits per heavy atom. The molecule has 5 heteroatoms. The molecule has 1 aromatic rings. The number of nitrogens with one attached hydrogen (secondary N) is 1. The molecule has 1 fully saturated rings. The summed E-state index contributed by atoms with van der Waals surface area (Å²) in [4.78, 5) is 13.8. The Hall–Kier alpha value is -1.33. The van der Waals surface area contributed by atoms with E-state index in [1.54, 1.807) is 13.0 Å². The van der Waals surface area contributed by atoms with Gasteiger partial charge < -0.3 is 14.5 Å². The minimum absolute atomic E-state index is 0.338. The van der Waals surface area contributed by atoms with Gasteiger partial charge in [-0.2, -0.15) is 0 Å². The number of rotatable bonds is 4. The molecule has 106 valence electrons. The molecule has 5 nitrogen and oxygen atoms in total. The van der Waals surface area contributed by atoms with Crippen LogP contribution < -0.4 is 5.32 Å². The Balaban J connectivity index is 2.00. The summed E-state index contributed by atoms with van der Waals surface area (Å²) in [5.41, 5.74) is 0.521. The van der Waals surface area contributed by atoms with Crippen molar-refractivity contribution in [3.8, 4) is 0 Å². The fraction of sp³-hybridized carbons (Fsp3) is 0.643. The molecule has 19 heavy (non-hydrogen) atoms. The van der Waals surface area contributed by atoms with Crippen molar-refractivity contribution in [3.63, 3.8) is 0 Å². The van der Waals surface area contributed by atoms with Crippen molar-refractivity contribution in [1.82, 2.24) is 10.2 Å². The van der Waals surface area contributed by atoms with Gasteiger partial charge in [-0.25, -0.2) is 4.79 Å². The summed E-state index contributed by atoms with van der Waals surface area (Å²) in [5, 5.41) is 3.40. The van der Waals surface area contributed by atoms with Crippen molar-refractivity contribution in [3.05, 3.63) is 23.2 Å². The van der Waals surface area contributed by atoms with E-state index in [-0.39, 0.29) is 5.97 Å². The molecule has 0 radical (unpaired) electrons. The number of carbonyl (C=O) groups is 1. The second-order valence-corrected chi connectivity index (χ2v) is 5.09. The highest BCUT2D eigenvalue weighted by Gasteiger charge is 2.21. The molecule has 1 saturated heterocycles. The van der Waals surface area contributed by atoms with Gasteiger partial charge in [0.05, 0.1) is 13.7 Å². The number of aryl methyl sites for hydroxylation is 1. The molecule has 0 spiro atoms. The molecule has 2 heterocycles.